The van der Waals surface area contributed by atoms with Gasteiger partial charge in [-0.1, -0.05) is 39.7 Å². The fraction of sp³-hybridized carbons (Fsp3) is 0.188. The first kappa shape index (κ1) is 14.8. The number of aromatic nitrogens is 1. The second-order valence-electron chi connectivity index (χ2n) is 4.46. The maximum absolute atomic E-state index is 6.35. The summed E-state index contributed by atoms with van der Waals surface area (Å²) in [6.07, 6.45) is 0. The third kappa shape index (κ3) is 2.68. The number of nitrogens with zero attached hydrogens (tertiary/aromatic N) is 1. The van der Waals surface area contributed by atoms with Crippen LogP contribution in [-0.2, 0) is 5.33 Å². The molecule has 0 aliphatic rings. The minimum atomic E-state index is 0.539. The van der Waals surface area contributed by atoms with Crippen LogP contribution >= 0.6 is 38.9 Å². The Hall–Kier alpha value is -1.10. The van der Waals surface area contributed by atoms with Crippen molar-refractivity contribution in [2.75, 3.05) is 6.61 Å². The second kappa shape index (κ2) is 6.34. The predicted octanol–water partition coefficient (Wildman–Crippen LogP) is 5.91. The summed E-state index contributed by atoms with van der Waals surface area (Å²) in [5.74, 6) is 0.835. The summed E-state index contributed by atoms with van der Waals surface area (Å²) in [6.45, 7) is 2.60. The van der Waals surface area contributed by atoms with Gasteiger partial charge in [0.1, 0.15) is 10.9 Å². The molecule has 1 aromatic carbocycles. The van der Waals surface area contributed by atoms with Gasteiger partial charge in [-0.05, 0) is 30.5 Å². The summed E-state index contributed by atoms with van der Waals surface area (Å²) in [5.41, 5.74) is 3.01. The number of hydrogen-bond acceptors (Lipinski definition) is 3. The molecule has 0 saturated heterocycles. The Balaban J connectivity index is 2.29. The lowest BCUT2D eigenvalue weighted by Gasteiger charge is -2.13. The second-order valence-corrected chi connectivity index (χ2v) is 6.29. The zero-order chi connectivity index (χ0) is 14.8. The summed E-state index contributed by atoms with van der Waals surface area (Å²) in [7, 11) is 0. The third-order valence-electron chi connectivity index (χ3n) is 3.23. The van der Waals surface area contributed by atoms with Crippen LogP contribution in [0.2, 0.25) is 5.15 Å². The van der Waals surface area contributed by atoms with E-state index in [1.54, 1.807) is 11.3 Å². The van der Waals surface area contributed by atoms with Crippen molar-refractivity contribution in [2.45, 2.75) is 12.3 Å². The maximum atomic E-state index is 6.35. The lowest BCUT2D eigenvalue weighted by Crippen LogP contribution is -1.98. The van der Waals surface area contributed by atoms with E-state index < -0.39 is 0 Å². The molecule has 0 aliphatic heterocycles. The standard InChI is InChI=1S/C16H13BrClNOS/c1-2-20-13-6-4-3-5-10(13)14-12(9-17)15-11(7-8-21-15)16(18)19-14/h3-8H,2,9H2,1H3. The molecule has 0 unspecified atom stereocenters. The Morgan fingerprint density at radius 3 is 2.86 bits per heavy atom. The van der Waals surface area contributed by atoms with E-state index in [0.29, 0.717) is 11.8 Å². The number of pyridine rings is 1. The Kier molecular flexibility index (Phi) is 4.48. The van der Waals surface area contributed by atoms with Gasteiger partial charge in [0, 0.05) is 26.5 Å². The van der Waals surface area contributed by atoms with Crippen LogP contribution in [0.15, 0.2) is 35.7 Å². The minimum Gasteiger partial charge on any atom is -0.493 e. The Bertz CT molecular complexity index is 787. The number of alkyl halides is 1. The van der Waals surface area contributed by atoms with Crippen LogP contribution in [0, 0.1) is 0 Å². The Morgan fingerprint density at radius 2 is 2.10 bits per heavy atom. The lowest BCUT2D eigenvalue weighted by atomic mass is 10.0. The van der Waals surface area contributed by atoms with Gasteiger partial charge in [0.2, 0.25) is 0 Å². The van der Waals surface area contributed by atoms with Crippen molar-refractivity contribution in [1.82, 2.24) is 4.98 Å². The first-order valence-electron chi connectivity index (χ1n) is 6.60. The molecule has 0 fully saturated rings. The van der Waals surface area contributed by atoms with Gasteiger partial charge in [0.05, 0.1) is 12.3 Å². The smallest absolute Gasteiger partial charge is 0.138 e. The number of para-hydroxylation sites is 1. The van der Waals surface area contributed by atoms with E-state index in [-0.39, 0.29) is 0 Å². The highest BCUT2D eigenvalue weighted by molar-refractivity contribution is 9.08. The Labute approximate surface area is 140 Å². The average Bonchev–Trinajstić information content (AvgIpc) is 2.98. The first-order chi connectivity index (χ1) is 10.3. The SMILES string of the molecule is CCOc1ccccc1-c1nc(Cl)c2ccsc2c1CBr. The monoisotopic (exact) mass is 381 g/mol. The van der Waals surface area contributed by atoms with Crippen LogP contribution < -0.4 is 4.74 Å². The molecular formula is C16H13BrClNOS. The van der Waals surface area contributed by atoms with E-state index in [9.17, 15) is 0 Å². The van der Waals surface area contributed by atoms with Crippen molar-refractivity contribution in [3.63, 3.8) is 0 Å². The van der Waals surface area contributed by atoms with Gasteiger partial charge in [0.15, 0.2) is 0 Å². The largest absolute Gasteiger partial charge is 0.493 e. The summed E-state index contributed by atoms with van der Waals surface area (Å²) in [5, 5.41) is 4.32. The molecule has 0 atom stereocenters. The van der Waals surface area contributed by atoms with Gasteiger partial charge in [-0.15, -0.1) is 11.3 Å². The molecule has 3 rings (SSSR count). The molecule has 5 heteroatoms. The number of halogens is 2. The van der Waals surface area contributed by atoms with Gasteiger partial charge < -0.3 is 4.74 Å². The van der Waals surface area contributed by atoms with Crippen LogP contribution in [0.25, 0.3) is 21.3 Å². The summed E-state index contributed by atoms with van der Waals surface area (Å²) >= 11 is 11.6. The molecule has 0 radical (unpaired) electrons. The molecule has 0 spiro atoms. The van der Waals surface area contributed by atoms with E-state index in [1.165, 1.54) is 4.70 Å². The number of benzene rings is 1. The van der Waals surface area contributed by atoms with Crippen molar-refractivity contribution < 1.29 is 4.74 Å². The van der Waals surface area contributed by atoms with E-state index >= 15 is 0 Å². The molecule has 0 saturated carbocycles. The number of ether oxygens (including phenoxy) is 1. The van der Waals surface area contributed by atoms with Crippen molar-refractivity contribution in [3.05, 3.63) is 46.4 Å². The van der Waals surface area contributed by atoms with Crippen LogP contribution in [0.1, 0.15) is 12.5 Å². The molecular weight excluding hydrogens is 370 g/mol. The van der Waals surface area contributed by atoms with Gasteiger partial charge in [0.25, 0.3) is 0 Å². The number of rotatable bonds is 4. The minimum absolute atomic E-state index is 0.539. The fourth-order valence-corrected chi connectivity index (χ4v) is 4.30. The Morgan fingerprint density at radius 1 is 1.29 bits per heavy atom. The van der Waals surface area contributed by atoms with Crippen molar-refractivity contribution in [2.24, 2.45) is 0 Å². The summed E-state index contributed by atoms with van der Waals surface area (Å²) in [6, 6.07) is 9.96. The van der Waals surface area contributed by atoms with Gasteiger partial charge >= 0.3 is 0 Å². The molecule has 0 N–H and O–H groups in total. The highest BCUT2D eigenvalue weighted by Crippen LogP contribution is 2.39. The highest BCUT2D eigenvalue weighted by Gasteiger charge is 2.17. The van der Waals surface area contributed by atoms with Crippen LogP contribution in [0.4, 0.5) is 0 Å². The predicted molar refractivity (Wildman–Crippen MR) is 93.9 cm³/mol. The van der Waals surface area contributed by atoms with Crippen LogP contribution in [0.5, 0.6) is 5.75 Å². The fourth-order valence-electron chi connectivity index (χ4n) is 2.33. The molecule has 0 aliphatic carbocycles. The molecule has 3 aromatic rings. The topological polar surface area (TPSA) is 22.1 Å². The number of fused-ring (bicyclic) bond motifs is 1. The average molecular weight is 383 g/mol. The number of hydrogen-bond donors (Lipinski definition) is 0. The van der Waals surface area contributed by atoms with E-state index in [1.807, 2.05) is 42.6 Å². The highest BCUT2D eigenvalue weighted by atomic mass is 79.9. The van der Waals surface area contributed by atoms with Gasteiger partial charge in [-0.2, -0.15) is 0 Å². The molecule has 2 heterocycles. The summed E-state index contributed by atoms with van der Waals surface area (Å²) in [4.78, 5) is 4.62. The van der Waals surface area contributed by atoms with Crippen LogP contribution in [-0.4, -0.2) is 11.6 Å². The van der Waals surface area contributed by atoms with E-state index in [0.717, 1.165) is 33.3 Å². The maximum Gasteiger partial charge on any atom is 0.138 e. The van der Waals surface area contributed by atoms with E-state index in [2.05, 4.69) is 20.9 Å². The molecule has 0 bridgehead atoms. The number of thiophene rings is 1. The molecule has 0 amide bonds. The van der Waals surface area contributed by atoms with Crippen molar-refractivity contribution in [1.29, 1.82) is 0 Å². The van der Waals surface area contributed by atoms with Crippen LogP contribution in [0.3, 0.4) is 0 Å². The molecule has 2 nitrogen and oxygen atoms in total. The van der Waals surface area contributed by atoms with Gasteiger partial charge in [-0.3, -0.25) is 0 Å². The van der Waals surface area contributed by atoms with Crippen molar-refractivity contribution >= 4 is 49.0 Å². The van der Waals surface area contributed by atoms with Gasteiger partial charge in [-0.25, -0.2) is 4.98 Å². The summed E-state index contributed by atoms with van der Waals surface area (Å²) < 4.78 is 6.90. The third-order valence-corrected chi connectivity index (χ3v) is 5.06. The lowest BCUT2D eigenvalue weighted by molar-refractivity contribution is 0.341. The molecule has 2 aromatic heterocycles. The molecule has 21 heavy (non-hydrogen) atoms. The van der Waals surface area contributed by atoms with E-state index in [4.69, 9.17) is 16.3 Å². The zero-order valence-electron chi connectivity index (χ0n) is 11.4. The first-order valence-corrected chi connectivity index (χ1v) is 8.98. The quantitative estimate of drug-likeness (QED) is 0.413. The van der Waals surface area contributed by atoms with Crippen molar-refractivity contribution in [3.8, 4) is 17.0 Å². The normalized spacial score (nSPS) is 11.0. The molecule has 108 valence electrons. The zero-order valence-corrected chi connectivity index (χ0v) is 14.6.